The number of hydrogen-bond acceptors (Lipinski definition) is 11. The standard InChI is InChI=1S/C26H30O11/c1-11(2)3-8-14-16(35-26-23(34)21(32)19(30)17(10-27)36-26)9-15(29)18-20(31)22(33)24(37-25(14)18)12-4-6-13(28)7-5-12/h3-7,9,17,19,21-24,26-30,32-34H,8,10H2,1-2H3/t17-,19-,21+,22+,23-,24+,26-/m1/s1. The maximum atomic E-state index is 13.1. The number of ether oxygens (including phenoxy) is 3. The number of phenolic OH excluding ortho intramolecular Hbond substituents is 2. The highest BCUT2D eigenvalue weighted by Gasteiger charge is 2.46. The molecule has 2 aliphatic heterocycles. The third kappa shape index (κ3) is 5.14. The van der Waals surface area contributed by atoms with Gasteiger partial charge >= 0.3 is 0 Å². The minimum absolute atomic E-state index is 0.0158. The van der Waals surface area contributed by atoms with Crippen LogP contribution < -0.4 is 9.47 Å². The number of benzene rings is 2. The van der Waals surface area contributed by atoms with Crippen molar-refractivity contribution in [3.63, 3.8) is 0 Å². The summed E-state index contributed by atoms with van der Waals surface area (Å²) in [4.78, 5) is 13.1. The van der Waals surface area contributed by atoms with E-state index < -0.39 is 61.1 Å². The van der Waals surface area contributed by atoms with E-state index in [2.05, 4.69) is 0 Å². The average molecular weight is 519 g/mol. The topological polar surface area (TPSA) is 186 Å². The molecule has 0 saturated carbocycles. The van der Waals surface area contributed by atoms with Crippen molar-refractivity contribution >= 4 is 5.78 Å². The average Bonchev–Trinajstić information content (AvgIpc) is 2.86. The number of carbonyl (C=O) groups is 1. The van der Waals surface area contributed by atoms with Gasteiger partial charge in [0.1, 0.15) is 53.0 Å². The summed E-state index contributed by atoms with van der Waals surface area (Å²) >= 11 is 0. The fraction of sp³-hybridized carbons (Fsp3) is 0.423. The molecule has 2 aliphatic rings. The SMILES string of the molecule is CC(C)=CCc1c(O[C@@H]2O[C@H](CO)[C@@H](O)[C@H](O)[C@H]2O)cc(O)c2c1O[C@@H](c1ccc(O)cc1)[C@@H](O)C2=O. The number of carbonyl (C=O) groups excluding carboxylic acids is 1. The lowest BCUT2D eigenvalue weighted by Gasteiger charge is -2.40. The Hall–Kier alpha value is -3.19. The molecule has 7 atom stereocenters. The molecule has 0 radical (unpaired) electrons. The number of phenols is 2. The summed E-state index contributed by atoms with van der Waals surface area (Å²) in [6, 6.07) is 6.86. The molecular weight excluding hydrogens is 488 g/mol. The number of allylic oxidation sites excluding steroid dienone is 2. The van der Waals surface area contributed by atoms with Crippen LogP contribution in [0, 0.1) is 0 Å². The third-order valence-electron chi connectivity index (χ3n) is 6.40. The van der Waals surface area contributed by atoms with E-state index in [1.54, 1.807) is 6.08 Å². The summed E-state index contributed by atoms with van der Waals surface area (Å²) < 4.78 is 17.3. The summed E-state index contributed by atoms with van der Waals surface area (Å²) in [5, 5.41) is 71.2. The first kappa shape index (κ1) is 26.9. The Bertz CT molecular complexity index is 1170. The second-order valence-corrected chi connectivity index (χ2v) is 9.32. The molecule has 2 aromatic carbocycles. The van der Waals surface area contributed by atoms with Gasteiger partial charge in [0.15, 0.2) is 12.2 Å². The molecule has 0 bridgehead atoms. The predicted molar refractivity (Wildman–Crippen MR) is 127 cm³/mol. The van der Waals surface area contributed by atoms with E-state index in [1.807, 2.05) is 13.8 Å². The molecule has 37 heavy (non-hydrogen) atoms. The van der Waals surface area contributed by atoms with Gasteiger partial charge in [-0.2, -0.15) is 0 Å². The molecule has 200 valence electrons. The highest BCUT2D eigenvalue weighted by molar-refractivity contribution is 6.06. The third-order valence-corrected chi connectivity index (χ3v) is 6.40. The van der Waals surface area contributed by atoms with Gasteiger partial charge in [-0.05, 0) is 38.0 Å². The Balaban J connectivity index is 1.79. The second-order valence-electron chi connectivity index (χ2n) is 9.32. The molecule has 0 unspecified atom stereocenters. The van der Waals surface area contributed by atoms with E-state index >= 15 is 0 Å². The number of aliphatic hydroxyl groups is 5. The predicted octanol–water partition coefficient (Wildman–Crippen LogP) is 0.462. The van der Waals surface area contributed by atoms with Gasteiger partial charge in [-0.15, -0.1) is 0 Å². The minimum atomic E-state index is -1.71. The van der Waals surface area contributed by atoms with Gasteiger partial charge < -0.3 is 50.0 Å². The van der Waals surface area contributed by atoms with Gasteiger partial charge in [-0.3, -0.25) is 4.79 Å². The molecule has 0 amide bonds. The van der Waals surface area contributed by atoms with E-state index in [1.165, 1.54) is 24.3 Å². The van der Waals surface area contributed by atoms with Crippen LogP contribution in [0.5, 0.6) is 23.0 Å². The minimum Gasteiger partial charge on any atom is -0.508 e. The van der Waals surface area contributed by atoms with Crippen molar-refractivity contribution in [1.29, 1.82) is 0 Å². The fourth-order valence-corrected chi connectivity index (χ4v) is 4.32. The molecule has 11 nitrogen and oxygen atoms in total. The van der Waals surface area contributed by atoms with Crippen molar-refractivity contribution in [2.24, 2.45) is 0 Å². The molecule has 7 N–H and O–H groups in total. The fourth-order valence-electron chi connectivity index (χ4n) is 4.32. The molecular formula is C26H30O11. The highest BCUT2D eigenvalue weighted by Crippen LogP contribution is 2.46. The van der Waals surface area contributed by atoms with Crippen molar-refractivity contribution in [3.8, 4) is 23.0 Å². The van der Waals surface area contributed by atoms with Crippen LogP contribution in [-0.2, 0) is 11.2 Å². The maximum absolute atomic E-state index is 13.1. The van der Waals surface area contributed by atoms with Crippen molar-refractivity contribution in [3.05, 3.63) is 58.7 Å². The molecule has 1 fully saturated rings. The van der Waals surface area contributed by atoms with E-state index in [0.717, 1.165) is 11.6 Å². The van der Waals surface area contributed by atoms with Gasteiger partial charge in [-0.25, -0.2) is 0 Å². The zero-order chi connectivity index (χ0) is 27.0. The summed E-state index contributed by atoms with van der Waals surface area (Å²) in [5.74, 6) is -1.45. The van der Waals surface area contributed by atoms with Gasteiger partial charge in [0.2, 0.25) is 12.1 Å². The summed E-state index contributed by atoms with van der Waals surface area (Å²) in [6.07, 6.45) is -8.58. The molecule has 0 spiro atoms. The van der Waals surface area contributed by atoms with Crippen LogP contribution in [0.15, 0.2) is 42.0 Å². The first-order valence-corrected chi connectivity index (χ1v) is 11.7. The quantitative estimate of drug-likeness (QED) is 0.263. The first-order chi connectivity index (χ1) is 17.5. The number of aromatic hydroxyl groups is 2. The highest BCUT2D eigenvalue weighted by atomic mass is 16.7. The van der Waals surface area contributed by atoms with Gasteiger partial charge in [0.25, 0.3) is 0 Å². The van der Waals surface area contributed by atoms with Crippen LogP contribution in [0.4, 0.5) is 0 Å². The lowest BCUT2D eigenvalue weighted by Crippen LogP contribution is -2.60. The zero-order valence-corrected chi connectivity index (χ0v) is 20.2. The van der Waals surface area contributed by atoms with E-state index in [-0.39, 0.29) is 34.8 Å². The van der Waals surface area contributed by atoms with Crippen molar-refractivity contribution < 1.29 is 54.8 Å². The monoisotopic (exact) mass is 518 g/mol. The van der Waals surface area contributed by atoms with E-state index in [9.17, 15) is 40.5 Å². The summed E-state index contributed by atoms with van der Waals surface area (Å²) in [6.45, 7) is 3.04. The van der Waals surface area contributed by atoms with Gasteiger partial charge in [0.05, 0.1) is 6.61 Å². The van der Waals surface area contributed by atoms with E-state index in [4.69, 9.17) is 14.2 Å². The van der Waals surface area contributed by atoms with Gasteiger partial charge in [-0.1, -0.05) is 23.8 Å². The Labute approximate surface area is 212 Å². The van der Waals surface area contributed by atoms with Crippen LogP contribution in [0.3, 0.4) is 0 Å². The Kier molecular flexibility index (Phi) is 7.74. The maximum Gasteiger partial charge on any atom is 0.229 e. The van der Waals surface area contributed by atoms with Crippen LogP contribution in [0.1, 0.15) is 41.4 Å². The second kappa shape index (κ2) is 10.7. The van der Waals surface area contributed by atoms with Crippen molar-refractivity contribution in [2.45, 2.75) is 63.2 Å². The zero-order valence-electron chi connectivity index (χ0n) is 20.2. The van der Waals surface area contributed by atoms with Gasteiger partial charge in [0, 0.05) is 11.6 Å². The van der Waals surface area contributed by atoms with Crippen LogP contribution in [0.25, 0.3) is 0 Å². The Morgan fingerprint density at radius 3 is 2.32 bits per heavy atom. The van der Waals surface area contributed by atoms with E-state index in [0.29, 0.717) is 5.56 Å². The number of rotatable bonds is 6. The lowest BCUT2D eigenvalue weighted by atomic mass is 9.90. The molecule has 4 rings (SSSR count). The number of fused-ring (bicyclic) bond motifs is 1. The Morgan fingerprint density at radius 2 is 1.70 bits per heavy atom. The Morgan fingerprint density at radius 1 is 1.03 bits per heavy atom. The van der Waals surface area contributed by atoms with Crippen molar-refractivity contribution in [1.82, 2.24) is 0 Å². The molecule has 11 heteroatoms. The lowest BCUT2D eigenvalue weighted by molar-refractivity contribution is -0.277. The molecule has 0 aliphatic carbocycles. The number of aliphatic hydroxyl groups excluding tert-OH is 5. The van der Waals surface area contributed by atoms with Crippen molar-refractivity contribution in [2.75, 3.05) is 6.61 Å². The van der Waals surface area contributed by atoms with Crippen LogP contribution >= 0.6 is 0 Å². The first-order valence-electron chi connectivity index (χ1n) is 11.7. The number of Topliss-reactive ketones (excluding diaryl/α,β-unsaturated/α-hetero) is 1. The smallest absolute Gasteiger partial charge is 0.229 e. The largest absolute Gasteiger partial charge is 0.508 e. The van der Waals surface area contributed by atoms with Crippen LogP contribution in [-0.4, -0.2) is 84.9 Å². The number of ketones is 1. The number of hydrogen-bond donors (Lipinski definition) is 7. The summed E-state index contributed by atoms with van der Waals surface area (Å²) in [5.41, 5.74) is 1.35. The van der Waals surface area contributed by atoms with Crippen LogP contribution in [0.2, 0.25) is 0 Å². The molecule has 1 saturated heterocycles. The molecule has 2 aromatic rings. The molecule has 0 aromatic heterocycles. The normalized spacial score (nSPS) is 29.3. The molecule has 2 heterocycles. The summed E-state index contributed by atoms with van der Waals surface area (Å²) in [7, 11) is 0.